The van der Waals surface area contributed by atoms with Crippen LogP contribution in [-0.4, -0.2) is 42.1 Å². The average molecular weight is 211 g/mol. The summed E-state index contributed by atoms with van der Waals surface area (Å²) in [5, 5.41) is 3.59. The first-order valence-corrected chi connectivity index (χ1v) is 5.18. The molecule has 0 rings (SSSR count). The van der Waals surface area contributed by atoms with E-state index in [0.29, 0.717) is 32.6 Å². The van der Waals surface area contributed by atoms with Gasteiger partial charge in [0.15, 0.2) is 0 Å². The van der Waals surface area contributed by atoms with E-state index < -0.39 is 0 Å². The average Bonchev–Trinajstić information content (AvgIpc) is 2.20. The summed E-state index contributed by atoms with van der Waals surface area (Å²) < 4.78 is 0. The highest BCUT2D eigenvalue weighted by atomic mass is 16.2. The lowest BCUT2D eigenvalue weighted by atomic mass is 10.4. The quantitative estimate of drug-likeness (QED) is 0.476. The maximum Gasteiger partial charge on any atom is 0.238 e. The molecule has 0 aliphatic heterocycles. The lowest BCUT2D eigenvalue weighted by Crippen LogP contribution is -2.47. The third-order valence-electron chi connectivity index (χ3n) is 1.97. The van der Waals surface area contributed by atoms with Crippen molar-refractivity contribution in [2.24, 2.45) is 5.73 Å². The highest BCUT2D eigenvalue weighted by molar-refractivity contribution is 5.75. The van der Waals surface area contributed by atoms with Crippen molar-refractivity contribution in [1.82, 2.24) is 10.0 Å². The van der Waals surface area contributed by atoms with E-state index in [2.05, 4.69) is 13.2 Å². The monoisotopic (exact) mass is 211 g/mol. The number of hydrogen-bond donors (Lipinski definition) is 1. The Morgan fingerprint density at radius 2 is 1.87 bits per heavy atom. The van der Waals surface area contributed by atoms with E-state index in [1.807, 2.05) is 11.9 Å². The van der Waals surface area contributed by atoms with E-state index in [1.54, 1.807) is 17.2 Å². The minimum absolute atomic E-state index is 0.0451. The summed E-state index contributed by atoms with van der Waals surface area (Å²) >= 11 is 0. The van der Waals surface area contributed by atoms with Gasteiger partial charge in [0.1, 0.15) is 0 Å². The van der Waals surface area contributed by atoms with Gasteiger partial charge in [-0.25, -0.2) is 5.01 Å². The van der Waals surface area contributed by atoms with E-state index in [4.69, 9.17) is 5.73 Å². The molecule has 0 aliphatic carbocycles. The van der Waals surface area contributed by atoms with E-state index in [1.165, 1.54) is 0 Å². The summed E-state index contributed by atoms with van der Waals surface area (Å²) in [4.78, 5) is 11.7. The zero-order valence-corrected chi connectivity index (χ0v) is 9.48. The van der Waals surface area contributed by atoms with Crippen molar-refractivity contribution in [3.63, 3.8) is 0 Å². The Morgan fingerprint density at radius 3 is 2.20 bits per heavy atom. The molecule has 0 aliphatic rings. The summed E-state index contributed by atoms with van der Waals surface area (Å²) in [5.41, 5.74) is 5.36. The first-order valence-electron chi connectivity index (χ1n) is 5.18. The topological polar surface area (TPSA) is 49.6 Å². The molecule has 0 fully saturated rings. The molecule has 86 valence electrons. The van der Waals surface area contributed by atoms with Crippen LogP contribution >= 0.6 is 0 Å². The van der Waals surface area contributed by atoms with Crippen LogP contribution in [0.1, 0.15) is 13.3 Å². The number of amides is 1. The van der Waals surface area contributed by atoms with Crippen molar-refractivity contribution in [3.8, 4) is 0 Å². The van der Waals surface area contributed by atoms with Gasteiger partial charge < -0.3 is 5.73 Å². The first-order chi connectivity index (χ1) is 7.21. The Morgan fingerprint density at radius 1 is 1.33 bits per heavy atom. The second-order valence-corrected chi connectivity index (χ2v) is 3.10. The van der Waals surface area contributed by atoms with E-state index >= 15 is 0 Å². The molecule has 0 aromatic heterocycles. The van der Waals surface area contributed by atoms with Crippen LogP contribution in [0.4, 0.5) is 0 Å². The normalized spacial score (nSPS) is 10.1. The molecule has 15 heavy (non-hydrogen) atoms. The van der Waals surface area contributed by atoms with Gasteiger partial charge in [0, 0.05) is 32.6 Å². The van der Waals surface area contributed by atoms with Crippen molar-refractivity contribution in [3.05, 3.63) is 25.3 Å². The molecule has 0 saturated carbocycles. The largest absolute Gasteiger partial charge is 0.330 e. The standard InChI is InChI=1S/C11H21N3O/c1-4-9-13(10-5-2)14(6-3)11(15)7-8-12/h4-5H,1-2,6-10,12H2,3H3. The van der Waals surface area contributed by atoms with Crippen molar-refractivity contribution in [1.29, 1.82) is 0 Å². The molecule has 0 heterocycles. The van der Waals surface area contributed by atoms with E-state index in [0.717, 1.165) is 0 Å². The van der Waals surface area contributed by atoms with Crippen molar-refractivity contribution < 1.29 is 4.79 Å². The third kappa shape index (κ3) is 4.76. The minimum atomic E-state index is 0.0451. The number of nitrogens with two attached hydrogens (primary N) is 1. The number of hydrogen-bond acceptors (Lipinski definition) is 3. The zero-order chi connectivity index (χ0) is 11.7. The number of nitrogens with zero attached hydrogens (tertiary/aromatic N) is 2. The van der Waals surface area contributed by atoms with Crippen LogP contribution in [0, 0.1) is 0 Å². The summed E-state index contributed by atoms with van der Waals surface area (Å²) in [7, 11) is 0. The fourth-order valence-electron chi connectivity index (χ4n) is 1.36. The van der Waals surface area contributed by atoms with E-state index in [9.17, 15) is 4.79 Å². The molecule has 0 saturated heterocycles. The number of rotatable bonds is 8. The number of hydrazine groups is 1. The number of carbonyl (C=O) groups excluding carboxylic acids is 1. The lowest BCUT2D eigenvalue weighted by molar-refractivity contribution is -0.146. The predicted octanol–water partition coefficient (Wildman–Crippen LogP) is 0.773. The summed E-state index contributed by atoms with van der Waals surface area (Å²) in [6.45, 7) is 11.6. The molecule has 4 nitrogen and oxygen atoms in total. The van der Waals surface area contributed by atoms with Crippen LogP contribution in [0.3, 0.4) is 0 Å². The Kier molecular flexibility index (Phi) is 7.58. The van der Waals surface area contributed by atoms with Gasteiger partial charge in [-0.1, -0.05) is 12.2 Å². The van der Waals surface area contributed by atoms with E-state index in [-0.39, 0.29) is 5.91 Å². The van der Waals surface area contributed by atoms with Gasteiger partial charge in [0.05, 0.1) is 0 Å². The van der Waals surface area contributed by atoms with Gasteiger partial charge in [-0.15, -0.1) is 13.2 Å². The van der Waals surface area contributed by atoms with Gasteiger partial charge in [0.25, 0.3) is 0 Å². The van der Waals surface area contributed by atoms with Crippen LogP contribution in [0.25, 0.3) is 0 Å². The van der Waals surface area contributed by atoms with Crippen molar-refractivity contribution in [2.45, 2.75) is 13.3 Å². The summed E-state index contributed by atoms with van der Waals surface area (Å²) in [6.07, 6.45) is 3.91. The Balaban J connectivity index is 4.47. The molecule has 2 N–H and O–H groups in total. The summed E-state index contributed by atoms with van der Waals surface area (Å²) in [5.74, 6) is 0.0451. The molecular weight excluding hydrogens is 190 g/mol. The molecule has 1 amide bonds. The van der Waals surface area contributed by atoms with Gasteiger partial charge in [-0.3, -0.25) is 9.80 Å². The maximum atomic E-state index is 11.7. The smallest absolute Gasteiger partial charge is 0.238 e. The van der Waals surface area contributed by atoms with Crippen LogP contribution in [0.15, 0.2) is 25.3 Å². The van der Waals surface area contributed by atoms with Crippen molar-refractivity contribution in [2.75, 3.05) is 26.2 Å². The second-order valence-electron chi connectivity index (χ2n) is 3.10. The molecule has 0 bridgehead atoms. The van der Waals surface area contributed by atoms with Crippen LogP contribution in [0.2, 0.25) is 0 Å². The predicted molar refractivity (Wildman–Crippen MR) is 63.0 cm³/mol. The second kappa shape index (κ2) is 8.20. The molecule has 4 heteroatoms. The van der Waals surface area contributed by atoms with Crippen LogP contribution in [0.5, 0.6) is 0 Å². The molecule has 0 atom stereocenters. The molecule has 0 aromatic rings. The zero-order valence-electron chi connectivity index (χ0n) is 9.48. The molecular formula is C11H21N3O. The number of carbonyl (C=O) groups is 1. The SMILES string of the molecule is C=CCN(CC=C)N(CC)C(=O)CCN. The first kappa shape index (κ1) is 13.9. The lowest BCUT2D eigenvalue weighted by Gasteiger charge is -2.32. The molecule has 0 spiro atoms. The molecule has 0 unspecified atom stereocenters. The summed E-state index contributed by atoms with van der Waals surface area (Å²) in [6, 6.07) is 0. The van der Waals surface area contributed by atoms with Gasteiger partial charge >= 0.3 is 0 Å². The molecule has 0 aromatic carbocycles. The molecule has 0 radical (unpaired) electrons. The van der Waals surface area contributed by atoms with Crippen LogP contribution in [-0.2, 0) is 4.79 Å². The minimum Gasteiger partial charge on any atom is -0.330 e. The van der Waals surface area contributed by atoms with Gasteiger partial charge in [-0.2, -0.15) is 0 Å². The van der Waals surface area contributed by atoms with Crippen LogP contribution < -0.4 is 5.73 Å². The van der Waals surface area contributed by atoms with Gasteiger partial charge in [0.2, 0.25) is 5.91 Å². The fourth-order valence-corrected chi connectivity index (χ4v) is 1.36. The highest BCUT2D eigenvalue weighted by Crippen LogP contribution is 2.01. The Bertz CT molecular complexity index is 206. The van der Waals surface area contributed by atoms with Crippen molar-refractivity contribution >= 4 is 5.91 Å². The highest BCUT2D eigenvalue weighted by Gasteiger charge is 2.16. The fraction of sp³-hybridized carbons (Fsp3) is 0.545. The third-order valence-corrected chi connectivity index (χ3v) is 1.97. The maximum absolute atomic E-state index is 11.7. The van der Waals surface area contributed by atoms with Gasteiger partial charge in [-0.05, 0) is 6.92 Å². The Labute approximate surface area is 92.0 Å². The Hall–Kier alpha value is -1.13.